The Hall–Kier alpha value is -4.46. The van der Waals surface area contributed by atoms with Crippen LogP contribution in [0.4, 0.5) is 0 Å². The van der Waals surface area contributed by atoms with Crippen LogP contribution in [0.5, 0.6) is 23.1 Å². The third kappa shape index (κ3) is 2.77. The van der Waals surface area contributed by atoms with Crippen LogP contribution in [0.15, 0.2) is 73.2 Å². The molecule has 4 heterocycles. The van der Waals surface area contributed by atoms with Crippen molar-refractivity contribution in [3.8, 4) is 34.6 Å². The summed E-state index contributed by atoms with van der Waals surface area (Å²) < 4.78 is 13.4. The van der Waals surface area contributed by atoms with Gasteiger partial charge in [-0.1, -0.05) is 30.3 Å². The zero-order valence-electron chi connectivity index (χ0n) is 17.0. The second-order valence-corrected chi connectivity index (χ2v) is 7.38. The highest BCUT2D eigenvalue weighted by molar-refractivity contribution is 5.69. The molecular formula is C24H17N5O3. The minimum atomic E-state index is -0.289. The Labute approximate surface area is 182 Å². The molecule has 0 fully saturated rings. The van der Waals surface area contributed by atoms with Gasteiger partial charge >= 0.3 is 0 Å². The Morgan fingerprint density at radius 1 is 1.00 bits per heavy atom. The number of fused-ring (bicyclic) bond motifs is 4. The number of aromatic nitrogens is 5. The van der Waals surface area contributed by atoms with Gasteiger partial charge in [0.05, 0.1) is 18.6 Å². The molecule has 0 aliphatic carbocycles. The van der Waals surface area contributed by atoms with Gasteiger partial charge in [0, 0.05) is 23.4 Å². The molecule has 6 rings (SSSR count). The Morgan fingerprint density at radius 3 is 2.72 bits per heavy atom. The molecule has 8 nitrogen and oxygen atoms in total. The largest absolute Gasteiger partial charge is 0.508 e. The Kier molecular flexibility index (Phi) is 4.04. The van der Waals surface area contributed by atoms with Crippen LogP contribution in [0.25, 0.3) is 17.2 Å². The van der Waals surface area contributed by atoms with Crippen molar-refractivity contribution in [1.82, 2.24) is 24.6 Å². The molecule has 0 amide bonds. The maximum Gasteiger partial charge on any atom is 0.228 e. The molecule has 8 heteroatoms. The highest BCUT2D eigenvalue weighted by Gasteiger charge is 2.35. The van der Waals surface area contributed by atoms with Crippen molar-refractivity contribution in [2.45, 2.75) is 5.92 Å². The number of ether oxygens (including phenoxy) is 2. The lowest BCUT2D eigenvalue weighted by Crippen LogP contribution is -2.15. The van der Waals surface area contributed by atoms with Gasteiger partial charge in [-0.2, -0.15) is 0 Å². The summed E-state index contributed by atoms with van der Waals surface area (Å²) in [6.07, 6.45) is 3.28. The SMILES string of the molecule is COc1ccccc1C1c2ccc(O)cc2Oc2ncn3nc(-c4ccccn4)nc3c21. The Bertz CT molecular complexity index is 1470. The number of pyridine rings is 1. The zero-order chi connectivity index (χ0) is 21.7. The summed E-state index contributed by atoms with van der Waals surface area (Å²) in [5.74, 6) is 2.00. The molecule has 3 aromatic heterocycles. The second kappa shape index (κ2) is 7.05. The summed E-state index contributed by atoms with van der Waals surface area (Å²) in [6.45, 7) is 0. The normalized spacial score (nSPS) is 14.5. The lowest BCUT2D eigenvalue weighted by molar-refractivity contribution is 0.401. The van der Waals surface area contributed by atoms with Crippen molar-refractivity contribution >= 4 is 5.65 Å². The molecular weight excluding hydrogens is 406 g/mol. The monoisotopic (exact) mass is 423 g/mol. The molecule has 156 valence electrons. The van der Waals surface area contributed by atoms with E-state index in [1.165, 1.54) is 0 Å². The van der Waals surface area contributed by atoms with Crippen LogP contribution >= 0.6 is 0 Å². The predicted octanol–water partition coefficient (Wildman–Crippen LogP) is 4.19. The first kappa shape index (κ1) is 18.3. The summed E-state index contributed by atoms with van der Waals surface area (Å²) in [4.78, 5) is 13.7. The van der Waals surface area contributed by atoms with Crippen LogP contribution < -0.4 is 9.47 Å². The number of benzene rings is 2. The molecule has 1 atom stereocenters. The minimum Gasteiger partial charge on any atom is -0.508 e. The molecule has 0 spiro atoms. The van der Waals surface area contributed by atoms with Gasteiger partial charge in [-0.3, -0.25) is 4.98 Å². The van der Waals surface area contributed by atoms with Gasteiger partial charge in [-0.15, -0.1) is 5.10 Å². The van der Waals surface area contributed by atoms with Crippen molar-refractivity contribution in [3.63, 3.8) is 0 Å². The smallest absolute Gasteiger partial charge is 0.228 e. The van der Waals surface area contributed by atoms with Gasteiger partial charge in [-0.25, -0.2) is 14.5 Å². The van der Waals surface area contributed by atoms with E-state index in [2.05, 4.69) is 15.1 Å². The maximum atomic E-state index is 10.0. The van der Waals surface area contributed by atoms with Crippen LogP contribution in [0.2, 0.25) is 0 Å². The molecule has 2 aromatic carbocycles. The van der Waals surface area contributed by atoms with E-state index in [0.717, 1.165) is 22.4 Å². The molecule has 1 unspecified atom stereocenters. The number of aromatic hydroxyl groups is 1. The Morgan fingerprint density at radius 2 is 1.88 bits per heavy atom. The number of phenolic OH excluding ortho intramolecular Hbond substituents is 1. The maximum absolute atomic E-state index is 10.0. The number of para-hydroxylation sites is 1. The van der Waals surface area contributed by atoms with E-state index in [0.29, 0.717) is 28.8 Å². The fourth-order valence-corrected chi connectivity index (χ4v) is 4.13. The molecule has 1 aliphatic heterocycles. The van der Waals surface area contributed by atoms with Crippen molar-refractivity contribution < 1.29 is 14.6 Å². The number of hydrogen-bond donors (Lipinski definition) is 1. The molecule has 0 saturated heterocycles. The first-order valence-corrected chi connectivity index (χ1v) is 10.0. The van der Waals surface area contributed by atoms with Crippen LogP contribution in [0, 0.1) is 0 Å². The molecule has 32 heavy (non-hydrogen) atoms. The van der Waals surface area contributed by atoms with Crippen LogP contribution in [-0.4, -0.2) is 36.8 Å². The summed E-state index contributed by atoms with van der Waals surface area (Å²) in [5, 5.41) is 14.6. The van der Waals surface area contributed by atoms with Crippen molar-refractivity contribution in [1.29, 1.82) is 0 Å². The van der Waals surface area contributed by atoms with Gasteiger partial charge in [-0.05, 0) is 24.3 Å². The summed E-state index contributed by atoms with van der Waals surface area (Å²) >= 11 is 0. The third-order valence-electron chi connectivity index (χ3n) is 5.53. The fourth-order valence-electron chi connectivity index (χ4n) is 4.13. The average Bonchev–Trinajstić information content (AvgIpc) is 3.28. The molecule has 5 aromatic rings. The minimum absolute atomic E-state index is 0.118. The van der Waals surface area contributed by atoms with E-state index >= 15 is 0 Å². The van der Waals surface area contributed by atoms with Crippen LogP contribution in [-0.2, 0) is 0 Å². The van der Waals surface area contributed by atoms with E-state index in [1.807, 2.05) is 48.5 Å². The van der Waals surface area contributed by atoms with Gasteiger partial charge in [0.25, 0.3) is 0 Å². The topological polar surface area (TPSA) is 94.7 Å². The molecule has 0 saturated carbocycles. The lowest BCUT2D eigenvalue weighted by Gasteiger charge is -2.28. The Balaban J connectivity index is 1.65. The fraction of sp³-hybridized carbons (Fsp3) is 0.0833. The number of phenols is 1. The van der Waals surface area contributed by atoms with E-state index in [9.17, 15) is 5.11 Å². The van der Waals surface area contributed by atoms with Crippen molar-refractivity contribution in [2.75, 3.05) is 7.11 Å². The lowest BCUT2D eigenvalue weighted by atomic mass is 9.83. The average molecular weight is 423 g/mol. The summed E-state index contributed by atoms with van der Waals surface area (Å²) in [6, 6.07) is 18.5. The molecule has 1 N–H and O–H groups in total. The van der Waals surface area contributed by atoms with E-state index in [4.69, 9.17) is 14.5 Å². The second-order valence-electron chi connectivity index (χ2n) is 7.38. The third-order valence-corrected chi connectivity index (χ3v) is 5.53. The molecule has 1 aliphatic rings. The van der Waals surface area contributed by atoms with Gasteiger partial charge in [0.2, 0.25) is 11.7 Å². The highest BCUT2D eigenvalue weighted by Crippen LogP contribution is 2.50. The number of nitrogens with zero attached hydrogens (tertiary/aromatic N) is 5. The quantitative estimate of drug-likeness (QED) is 0.456. The van der Waals surface area contributed by atoms with Crippen molar-refractivity contribution in [3.05, 3.63) is 89.9 Å². The van der Waals surface area contributed by atoms with Crippen LogP contribution in [0.1, 0.15) is 22.6 Å². The van der Waals surface area contributed by atoms with Crippen molar-refractivity contribution in [2.24, 2.45) is 0 Å². The predicted molar refractivity (Wildman–Crippen MR) is 116 cm³/mol. The van der Waals surface area contributed by atoms with E-state index in [1.54, 1.807) is 36.3 Å². The number of rotatable bonds is 3. The van der Waals surface area contributed by atoms with Gasteiger partial charge < -0.3 is 14.6 Å². The van der Waals surface area contributed by atoms with Crippen LogP contribution in [0.3, 0.4) is 0 Å². The first-order chi connectivity index (χ1) is 15.7. The number of methoxy groups -OCH3 is 1. The molecule has 0 radical (unpaired) electrons. The van der Waals surface area contributed by atoms with Gasteiger partial charge in [0.1, 0.15) is 29.3 Å². The standard InChI is InChI=1S/C24H17N5O3/c1-31-18-8-3-2-6-15(18)20-16-10-9-14(30)12-19(16)32-24-21(20)23-27-22(28-29(23)13-26-24)17-7-4-5-11-25-17/h2-13,20,30H,1H3. The highest BCUT2D eigenvalue weighted by atomic mass is 16.5. The number of hydrogen-bond acceptors (Lipinski definition) is 7. The summed E-state index contributed by atoms with van der Waals surface area (Å²) in [5.41, 5.74) is 3.86. The summed E-state index contributed by atoms with van der Waals surface area (Å²) in [7, 11) is 1.64. The molecule has 0 bridgehead atoms. The first-order valence-electron chi connectivity index (χ1n) is 10.0. The van der Waals surface area contributed by atoms with Gasteiger partial charge in [0.15, 0.2) is 5.65 Å². The van der Waals surface area contributed by atoms with E-state index < -0.39 is 0 Å². The van der Waals surface area contributed by atoms with E-state index in [-0.39, 0.29) is 11.7 Å². The zero-order valence-corrected chi connectivity index (χ0v) is 17.0.